The quantitative estimate of drug-likeness (QED) is 0.487. The Hall–Kier alpha value is -3.94. The molecule has 2 aliphatic heterocycles. The van der Waals surface area contributed by atoms with Gasteiger partial charge in [-0.1, -0.05) is 18.6 Å². The lowest BCUT2D eigenvalue weighted by molar-refractivity contribution is -0.146. The van der Waals surface area contributed by atoms with E-state index in [2.05, 4.69) is 0 Å². The molecule has 4 atom stereocenters. The Morgan fingerprint density at radius 2 is 1.03 bits per heavy atom. The minimum atomic E-state index is -0.962. The van der Waals surface area contributed by atoms with Crippen molar-refractivity contribution in [3.8, 4) is 11.5 Å². The van der Waals surface area contributed by atoms with Crippen LogP contribution in [0.1, 0.15) is 13.8 Å². The molecule has 8 heteroatoms. The molecule has 2 aromatic carbocycles. The predicted octanol–water partition coefficient (Wildman–Crippen LogP) is 3.21. The summed E-state index contributed by atoms with van der Waals surface area (Å²) in [6.07, 6.45) is 1.96. The number of nitrogens with zero attached hydrogens (tertiary/aromatic N) is 2. The van der Waals surface area contributed by atoms with Crippen LogP contribution in [0.25, 0.3) is 0 Å². The first-order chi connectivity index (χ1) is 17.2. The zero-order chi connectivity index (χ0) is 25.5. The van der Waals surface area contributed by atoms with E-state index in [1.807, 2.05) is 19.9 Å². The SMILES string of the molecule is COc1ccc(N2C(=O)[C@@H]3C4C(C)=CC(C)([C@@H]3C2=O)[C@@H]2C(=O)N(c3ccc(OC)cc3)C(=O)[C@H]42)cc1. The van der Waals surface area contributed by atoms with Gasteiger partial charge in [0.2, 0.25) is 23.6 Å². The fraction of sp³-hybridized carbons (Fsp3) is 0.357. The van der Waals surface area contributed by atoms with Crippen LogP contribution in [-0.4, -0.2) is 37.8 Å². The number of benzene rings is 2. The van der Waals surface area contributed by atoms with Gasteiger partial charge >= 0.3 is 0 Å². The molecule has 2 saturated heterocycles. The largest absolute Gasteiger partial charge is 0.497 e. The second-order valence-corrected chi connectivity index (χ2v) is 10.2. The normalized spacial score (nSPS) is 32.6. The Balaban J connectivity index is 1.42. The molecule has 2 aromatic rings. The van der Waals surface area contributed by atoms with Gasteiger partial charge in [-0.05, 0) is 55.5 Å². The Morgan fingerprint density at radius 3 is 1.39 bits per heavy atom. The Morgan fingerprint density at radius 1 is 0.639 bits per heavy atom. The highest BCUT2D eigenvalue weighted by atomic mass is 16.5. The fourth-order valence-electron chi connectivity index (χ4n) is 7.13. The van der Waals surface area contributed by atoms with Crippen molar-refractivity contribution >= 4 is 35.0 Å². The van der Waals surface area contributed by atoms with Gasteiger partial charge in [-0.3, -0.25) is 29.0 Å². The number of allylic oxidation sites excluding steroid dienone is 2. The average Bonchev–Trinajstić information content (AvgIpc) is 3.30. The zero-order valence-corrected chi connectivity index (χ0v) is 20.4. The van der Waals surface area contributed by atoms with Crippen molar-refractivity contribution in [2.45, 2.75) is 13.8 Å². The van der Waals surface area contributed by atoms with Crippen LogP contribution in [-0.2, 0) is 19.2 Å². The minimum absolute atomic E-state index is 0.319. The van der Waals surface area contributed by atoms with Crippen LogP contribution in [0.15, 0.2) is 60.2 Å². The second-order valence-electron chi connectivity index (χ2n) is 10.2. The third-order valence-electron chi connectivity index (χ3n) is 8.54. The third-order valence-corrected chi connectivity index (χ3v) is 8.54. The van der Waals surface area contributed by atoms with Gasteiger partial charge in [-0.2, -0.15) is 0 Å². The van der Waals surface area contributed by atoms with Crippen molar-refractivity contribution in [3.05, 3.63) is 60.2 Å². The number of imide groups is 2. The lowest BCUT2D eigenvalue weighted by Crippen LogP contribution is -2.57. The number of carbonyl (C=O) groups excluding carboxylic acids is 4. The molecule has 4 amide bonds. The van der Waals surface area contributed by atoms with Gasteiger partial charge < -0.3 is 9.47 Å². The lowest BCUT2D eigenvalue weighted by Gasteiger charge is -2.53. The summed E-state index contributed by atoms with van der Waals surface area (Å²) in [7, 11) is 3.09. The van der Waals surface area contributed by atoms with Crippen LogP contribution in [0, 0.1) is 35.0 Å². The molecule has 0 spiro atoms. The van der Waals surface area contributed by atoms with Gasteiger partial charge in [0.1, 0.15) is 11.5 Å². The van der Waals surface area contributed by atoms with Gasteiger partial charge in [0.25, 0.3) is 0 Å². The molecule has 1 saturated carbocycles. The fourth-order valence-corrected chi connectivity index (χ4v) is 7.13. The monoisotopic (exact) mass is 486 g/mol. The molecule has 8 nitrogen and oxygen atoms in total. The van der Waals surface area contributed by atoms with E-state index in [1.165, 1.54) is 9.80 Å². The maximum absolute atomic E-state index is 13.8. The number of methoxy groups -OCH3 is 2. The summed E-state index contributed by atoms with van der Waals surface area (Å²) in [5, 5.41) is 0. The summed E-state index contributed by atoms with van der Waals surface area (Å²) in [4.78, 5) is 57.7. The molecular formula is C28H26N2O6. The van der Waals surface area contributed by atoms with Crippen molar-refractivity contribution in [3.63, 3.8) is 0 Å². The van der Waals surface area contributed by atoms with Crippen LogP contribution in [0.3, 0.4) is 0 Å². The van der Waals surface area contributed by atoms with Crippen LogP contribution in [0.5, 0.6) is 11.5 Å². The molecule has 3 fully saturated rings. The van der Waals surface area contributed by atoms with E-state index in [0.29, 0.717) is 22.9 Å². The van der Waals surface area contributed by atoms with Gasteiger partial charge in [0.15, 0.2) is 0 Å². The lowest BCUT2D eigenvalue weighted by atomic mass is 9.46. The third kappa shape index (κ3) is 2.69. The summed E-state index contributed by atoms with van der Waals surface area (Å²) >= 11 is 0. The Kier molecular flexibility index (Phi) is 4.71. The van der Waals surface area contributed by atoms with E-state index < -0.39 is 35.0 Å². The van der Waals surface area contributed by atoms with Crippen LogP contribution in [0.2, 0.25) is 0 Å². The Bertz CT molecular complexity index is 1250. The first-order valence-corrected chi connectivity index (χ1v) is 12.0. The average molecular weight is 487 g/mol. The smallest absolute Gasteiger partial charge is 0.238 e. The molecule has 184 valence electrons. The van der Waals surface area contributed by atoms with E-state index in [-0.39, 0.29) is 23.6 Å². The maximum atomic E-state index is 13.8. The molecule has 0 unspecified atom stereocenters. The van der Waals surface area contributed by atoms with E-state index in [0.717, 1.165) is 5.57 Å². The van der Waals surface area contributed by atoms with Crippen molar-refractivity contribution in [2.24, 2.45) is 35.0 Å². The van der Waals surface area contributed by atoms with Gasteiger partial charge in [-0.25, -0.2) is 0 Å². The van der Waals surface area contributed by atoms with E-state index in [9.17, 15) is 19.2 Å². The number of hydrogen-bond donors (Lipinski definition) is 0. The van der Waals surface area contributed by atoms with Crippen molar-refractivity contribution < 1.29 is 28.7 Å². The van der Waals surface area contributed by atoms with E-state index >= 15 is 0 Å². The highest BCUT2D eigenvalue weighted by molar-refractivity contribution is 6.26. The van der Waals surface area contributed by atoms with Gasteiger partial charge in [0.05, 0.1) is 49.3 Å². The highest BCUT2D eigenvalue weighted by Crippen LogP contribution is 2.66. The summed E-state index contributed by atoms with van der Waals surface area (Å²) in [6.45, 7) is 3.75. The topological polar surface area (TPSA) is 93.2 Å². The highest BCUT2D eigenvalue weighted by Gasteiger charge is 2.74. The zero-order valence-electron chi connectivity index (χ0n) is 20.4. The molecule has 7 rings (SSSR count). The number of ether oxygens (including phenoxy) is 2. The Labute approximate surface area is 208 Å². The molecule has 36 heavy (non-hydrogen) atoms. The van der Waals surface area contributed by atoms with Crippen molar-refractivity contribution in [1.29, 1.82) is 0 Å². The van der Waals surface area contributed by atoms with Gasteiger partial charge in [-0.15, -0.1) is 0 Å². The number of amides is 4. The first-order valence-electron chi connectivity index (χ1n) is 12.0. The predicted molar refractivity (Wildman–Crippen MR) is 130 cm³/mol. The number of carbonyl (C=O) groups is 4. The van der Waals surface area contributed by atoms with E-state index in [4.69, 9.17) is 9.47 Å². The molecule has 0 N–H and O–H groups in total. The molecular weight excluding hydrogens is 460 g/mol. The molecule has 3 aliphatic carbocycles. The first kappa shape index (κ1) is 22.5. The number of hydrogen-bond acceptors (Lipinski definition) is 6. The molecule has 0 aromatic heterocycles. The van der Waals surface area contributed by atoms with Crippen LogP contribution < -0.4 is 19.3 Å². The van der Waals surface area contributed by atoms with Crippen molar-refractivity contribution in [2.75, 3.05) is 24.0 Å². The van der Waals surface area contributed by atoms with E-state index in [1.54, 1.807) is 62.8 Å². The number of anilines is 2. The van der Waals surface area contributed by atoms with Crippen molar-refractivity contribution in [1.82, 2.24) is 0 Å². The van der Waals surface area contributed by atoms with Crippen LogP contribution in [0.4, 0.5) is 11.4 Å². The summed E-state index contributed by atoms with van der Waals surface area (Å²) in [6, 6.07) is 13.5. The standard InChI is InChI=1S/C28H26N2O6/c1-14-13-28(2)22-20(24(31)29(26(22)33)15-5-9-17(35-3)10-6-15)19(14)21-23(28)27(34)30(25(21)32)16-7-11-18(36-4)12-8-16/h5-13,19-23H,1-4H3/t19?,20-,21-,22+,23+,28?/m1/s1. The number of rotatable bonds is 4. The van der Waals surface area contributed by atoms with Crippen LogP contribution >= 0.6 is 0 Å². The van der Waals surface area contributed by atoms with Gasteiger partial charge in [0, 0.05) is 11.3 Å². The second kappa shape index (κ2) is 7.53. The minimum Gasteiger partial charge on any atom is -0.497 e. The summed E-state index contributed by atoms with van der Waals surface area (Å²) in [5.74, 6) is -3.38. The molecule has 2 heterocycles. The summed E-state index contributed by atoms with van der Waals surface area (Å²) < 4.78 is 10.4. The molecule has 5 aliphatic rings. The maximum Gasteiger partial charge on any atom is 0.238 e. The molecule has 2 bridgehead atoms. The summed E-state index contributed by atoms with van der Waals surface area (Å²) in [5.41, 5.74) is 0.846. The molecule has 0 radical (unpaired) electrons.